The molecule has 1 unspecified atom stereocenters. The van der Waals surface area contributed by atoms with Crippen molar-refractivity contribution < 1.29 is 0 Å². The van der Waals surface area contributed by atoms with Crippen LogP contribution in [-0.4, -0.2) is 11.1 Å². The normalized spacial score (nSPS) is 12.7. The molecule has 0 N–H and O–H groups in total. The Morgan fingerprint density at radius 1 is 1.21 bits per heavy atom. The molecule has 0 aliphatic heterocycles. The number of hydrogen-bond acceptors (Lipinski definition) is 1. The first kappa shape index (κ1) is 12.1. The molecule has 0 nitrogen and oxygen atoms in total. The van der Waals surface area contributed by atoms with Crippen LogP contribution < -0.4 is 0 Å². The van der Waals surface area contributed by atoms with E-state index >= 15 is 0 Å². The van der Waals surface area contributed by atoms with E-state index < -0.39 is 0 Å². The highest BCUT2D eigenvalue weighted by Gasteiger charge is 2.01. The molecule has 0 amide bonds. The molecule has 0 aliphatic rings. The first-order chi connectivity index (χ1) is 6.83. The fraction of sp³-hybridized carbons (Fsp3) is 0.500. The van der Waals surface area contributed by atoms with E-state index in [0.717, 1.165) is 11.2 Å². The highest BCUT2D eigenvalue weighted by Crippen LogP contribution is 2.21. The summed E-state index contributed by atoms with van der Waals surface area (Å²) in [7, 11) is 0. The van der Waals surface area contributed by atoms with Gasteiger partial charge in [-0.1, -0.05) is 41.1 Å². The maximum atomic E-state index is 3.48. The topological polar surface area (TPSA) is 0 Å². The molecule has 1 aromatic carbocycles. The Hall–Kier alpha value is 0.0500. The minimum atomic E-state index is 0.839. The molecule has 0 heterocycles. The van der Waals surface area contributed by atoms with Gasteiger partial charge in [-0.05, 0) is 36.6 Å². The molecule has 0 aromatic heterocycles. The van der Waals surface area contributed by atoms with E-state index in [1.165, 1.54) is 23.5 Å². The van der Waals surface area contributed by atoms with Gasteiger partial charge >= 0.3 is 0 Å². The molecule has 0 fully saturated rings. The lowest BCUT2D eigenvalue weighted by Gasteiger charge is -2.08. The first-order valence-electron chi connectivity index (χ1n) is 5.06. The summed E-state index contributed by atoms with van der Waals surface area (Å²) in [5.41, 5.74) is 0. The Morgan fingerprint density at radius 3 is 2.57 bits per heavy atom. The van der Waals surface area contributed by atoms with Crippen molar-refractivity contribution in [2.45, 2.75) is 24.7 Å². The number of rotatable bonds is 6. The number of alkyl halides is 1. The van der Waals surface area contributed by atoms with Gasteiger partial charge in [0, 0.05) is 10.2 Å². The van der Waals surface area contributed by atoms with Crippen molar-refractivity contribution >= 4 is 27.7 Å². The van der Waals surface area contributed by atoms with Crippen molar-refractivity contribution in [2.24, 2.45) is 5.92 Å². The second-order valence-electron chi connectivity index (χ2n) is 3.53. The Balaban J connectivity index is 2.16. The van der Waals surface area contributed by atoms with Crippen molar-refractivity contribution in [3.05, 3.63) is 30.3 Å². The summed E-state index contributed by atoms with van der Waals surface area (Å²) < 4.78 is 0. The molecule has 1 atom stereocenters. The zero-order chi connectivity index (χ0) is 10.2. The van der Waals surface area contributed by atoms with Crippen molar-refractivity contribution in [1.82, 2.24) is 0 Å². The van der Waals surface area contributed by atoms with Crippen molar-refractivity contribution in [3.63, 3.8) is 0 Å². The van der Waals surface area contributed by atoms with Crippen LogP contribution in [0.3, 0.4) is 0 Å². The monoisotopic (exact) mass is 272 g/mol. The number of halogens is 1. The summed E-state index contributed by atoms with van der Waals surface area (Å²) >= 11 is 5.44. The summed E-state index contributed by atoms with van der Waals surface area (Å²) in [6.07, 6.45) is 2.60. The van der Waals surface area contributed by atoms with Gasteiger partial charge < -0.3 is 0 Å². The molecular formula is C12H17BrS. The summed E-state index contributed by atoms with van der Waals surface area (Å²) in [5, 5.41) is 1.13. The molecule has 0 saturated carbocycles. The second-order valence-corrected chi connectivity index (χ2v) is 5.49. The number of benzene rings is 1. The number of thioether (sulfide) groups is 1. The fourth-order valence-corrected chi connectivity index (χ4v) is 3.11. The Bertz CT molecular complexity index is 235. The molecule has 1 aromatic rings. The lowest BCUT2D eigenvalue weighted by Crippen LogP contribution is -1.96. The predicted molar refractivity (Wildman–Crippen MR) is 69.4 cm³/mol. The quantitative estimate of drug-likeness (QED) is 0.539. The second kappa shape index (κ2) is 7.36. The van der Waals surface area contributed by atoms with E-state index in [1.54, 1.807) is 0 Å². The third kappa shape index (κ3) is 5.06. The minimum Gasteiger partial charge on any atom is -0.126 e. The van der Waals surface area contributed by atoms with Crippen LogP contribution in [0.25, 0.3) is 0 Å². The summed E-state index contributed by atoms with van der Waals surface area (Å²) in [4.78, 5) is 1.39. The highest BCUT2D eigenvalue weighted by molar-refractivity contribution is 9.09. The van der Waals surface area contributed by atoms with E-state index in [2.05, 4.69) is 53.2 Å². The van der Waals surface area contributed by atoms with Crippen LogP contribution >= 0.6 is 27.7 Å². The maximum absolute atomic E-state index is 3.48. The third-order valence-corrected chi connectivity index (χ3v) is 3.73. The molecule has 2 heteroatoms. The van der Waals surface area contributed by atoms with E-state index in [-0.39, 0.29) is 0 Å². The predicted octanol–water partition coefficient (Wildman–Crippen LogP) is 4.59. The van der Waals surface area contributed by atoms with E-state index in [0.29, 0.717) is 0 Å². The fourth-order valence-electron chi connectivity index (χ4n) is 1.23. The van der Waals surface area contributed by atoms with E-state index in [4.69, 9.17) is 0 Å². The zero-order valence-corrected chi connectivity index (χ0v) is 11.0. The molecular weight excluding hydrogens is 256 g/mol. The van der Waals surface area contributed by atoms with Gasteiger partial charge in [-0.25, -0.2) is 0 Å². The van der Waals surface area contributed by atoms with Crippen LogP contribution in [0.2, 0.25) is 0 Å². The van der Waals surface area contributed by atoms with Crippen LogP contribution in [0.4, 0.5) is 0 Å². The van der Waals surface area contributed by atoms with Crippen LogP contribution in [0, 0.1) is 5.92 Å². The van der Waals surface area contributed by atoms with Gasteiger partial charge in [-0.15, -0.1) is 11.8 Å². The summed E-state index contributed by atoms with van der Waals surface area (Å²) in [6, 6.07) is 10.6. The van der Waals surface area contributed by atoms with Crippen LogP contribution in [0.1, 0.15) is 19.8 Å². The molecule has 0 aliphatic carbocycles. The summed E-state index contributed by atoms with van der Waals surface area (Å²) in [5.74, 6) is 2.07. The molecule has 14 heavy (non-hydrogen) atoms. The molecule has 78 valence electrons. The van der Waals surface area contributed by atoms with Gasteiger partial charge in [0.15, 0.2) is 0 Å². The molecule has 0 spiro atoms. The zero-order valence-electron chi connectivity index (χ0n) is 8.58. The lowest BCUT2D eigenvalue weighted by molar-refractivity contribution is 0.555. The van der Waals surface area contributed by atoms with Crippen LogP contribution in [0.5, 0.6) is 0 Å². The molecule has 0 saturated heterocycles. The first-order valence-corrected chi connectivity index (χ1v) is 7.17. The standard InChI is InChI=1S/C12H17BrS/c1-11(7-9-13)8-10-14-12-5-3-2-4-6-12/h2-6,11H,7-10H2,1H3. The SMILES string of the molecule is CC(CCBr)CCSc1ccccc1. The average Bonchev–Trinajstić information content (AvgIpc) is 2.20. The minimum absolute atomic E-state index is 0.839. The molecule has 0 bridgehead atoms. The average molecular weight is 273 g/mol. The number of hydrogen-bond donors (Lipinski definition) is 0. The summed E-state index contributed by atoms with van der Waals surface area (Å²) in [6.45, 7) is 2.33. The molecule has 1 rings (SSSR count). The van der Waals surface area contributed by atoms with Gasteiger partial charge in [-0.3, -0.25) is 0 Å². The van der Waals surface area contributed by atoms with Gasteiger partial charge in [0.2, 0.25) is 0 Å². The van der Waals surface area contributed by atoms with Gasteiger partial charge in [-0.2, -0.15) is 0 Å². The maximum Gasteiger partial charge on any atom is 0.00719 e. The smallest absolute Gasteiger partial charge is 0.00719 e. The van der Waals surface area contributed by atoms with Crippen LogP contribution in [-0.2, 0) is 0 Å². The van der Waals surface area contributed by atoms with Crippen LogP contribution in [0.15, 0.2) is 35.2 Å². The lowest BCUT2D eigenvalue weighted by atomic mass is 10.1. The molecule has 0 radical (unpaired) electrons. The van der Waals surface area contributed by atoms with Gasteiger partial charge in [0.1, 0.15) is 0 Å². The van der Waals surface area contributed by atoms with Gasteiger partial charge in [0.05, 0.1) is 0 Å². The third-order valence-electron chi connectivity index (χ3n) is 2.22. The largest absolute Gasteiger partial charge is 0.126 e. The van der Waals surface area contributed by atoms with E-state index in [1.807, 2.05) is 11.8 Å². The van der Waals surface area contributed by atoms with Crippen molar-refractivity contribution in [2.75, 3.05) is 11.1 Å². The Labute approximate surface area is 99.6 Å². The van der Waals surface area contributed by atoms with Crippen molar-refractivity contribution in [1.29, 1.82) is 0 Å². The highest BCUT2D eigenvalue weighted by atomic mass is 79.9. The Morgan fingerprint density at radius 2 is 1.93 bits per heavy atom. The Kier molecular flexibility index (Phi) is 6.37. The van der Waals surface area contributed by atoms with E-state index in [9.17, 15) is 0 Å². The van der Waals surface area contributed by atoms with Crippen molar-refractivity contribution in [3.8, 4) is 0 Å². The van der Waals surface area contributed by atoms with Gasteiger partial charge in [0.25, 0.3) is 0 Å².